The normalized spacial score (nSPS) is 14.2. The summed E-state index contributed by atoms with van der Waals surface area (Å²) < 4.78 is 5.45. The summed E-state index contributed by atoms with van der Waals surface area (Å²) in [6, 6.07) is 23.9. The maximum atomic E-state index is 14.0. The van der Waals surface area contributed by atoms with Gasteiger partial charge < -0.3 is 36.6 Å². The summed E-state index contributed by atoms with van der Waals surface area (Å²) >= 11 is 0. The van der Waals surface area contributed by atoms with E-state index in [-0.39, 0.29) is 32.1 Å². The molecule has 0 aromatic heterocycles. The van der Waals surface area contributed by atoms with Crippen LogP contribution in [0.2, 0.25) is 0 Å². The Balaban J connectivity index is 1.86. The fourth-order valence-corrected chi connectivity index (χ4v) is 5.42. The molecule has 0 heterocycles. The van der Waals surface area contributed by atoms with Gasteiger partial charge in [0, 0.05) is 18.8 Å². The van der Waals surface area contributed by atoms with Gasteiger partial charge in [0.15, 0.2) is 0 Å². The highest BCUT2D eigenvalue weighted by atomic mass is 16.6. The molecular formula is C38H48N4O8. The zero-order chi connectivity index (χ0) is 36.7. The number of aliphatic hydroxyl groups excluding tert-OH is 1. The van der Waals surface area contributed by atoms with E-state index in [0.29, 0.717) is 0 Å². The third-order valence-electron chi connectivity index (χ3n) is 7.91. The van der Waals surface area contributed by atoms with Crippen LogP contribution in [0.25, 0.3) is 0 Å². The summed E-state index contributed by atoms with van der Waals surface area (Å²) in [6.45, 7) is 5.17. The number of benzene rings is 3. The van der Waals surface area contributed by atoms with Gasteiger partial charge in [-0.3, -0.25) is 19.2 Å². The number of carbonyl (C=O) groups is 5. The average Bonchev–Trinajstić information content (AvgIpc) is 3.06. The first-order valence-corrected chi connectivity index (χ1v) is 16.6. The zero-order valence-electron chi connectivity index (χ0n) is 28.7. The Morgan fingerprint density at radius 2 is 1.18 bits per heavy atom. The number of hydrogen-bond donors (Lipinski definition) is 6. The molecule has 12 nitrogen and oxygen atoms in total. The smallest absolute Gasteiger partial charge is 0.407 e. The highest BCUT2D eigenvalue weighted by Gasteiger charge is 2.33. The van der Waals surface area contributed by atoms with Crippen LogP contribution in [0.3, 0.4) is 0 Å². The first kappa shape index (κ1) is 39.2. The molecule has 0 unspecified atom stereocenters. The van der Waals surface area contributed by atoms with Crippen LogP contribution in [0, 0.1) is 5.92 Å². The molecule has 0 radical (unpaired) electrons. The van der Waals surface area contributed by atoms with Crippen LogP contribution in [-0.2, 0) is 43.2 Å². The molecule has 3 rings (SSSR count). The molecule has 0 fully saturated rings. The van der Waals surface area contributed by atoms with E-state index >= 15 is 0 Å². The summed E-state index contributed by atoms with van der Waals surface area (Å²) in [6.07, 6.45) is -2.30. The van der Waals surface area contributed by atoms with Crippen molar-refractivity contribution in [3.05, 3.63) is 108 Å². The quantitative estimate of drug-likeness (QED) is 0.117. The van der Waals surface area contributed by atoms with Crippen molar-refractivity contribution in [2.24, 2.45) is 11.7 Å². The molecule has 50 heavy (non-hydrogen) atoms. The van der Waals surface area contributed by atoms with Crippen LogP contribution in [0.5, 0.6) is 0 Å². The molecule has 3 aromatic rings. The average molecular weight is 689 g/mol. The standard InChI is InChI=1S/C38H48N4O8/c1-38(2,3)50-37(49)42-30(22-26-15-9-5-10-16-26)32(43)24-28(21-25-13-7-4-8-14-25)35(47)40-29(19-20-33(44)45)36(48)41-31(34(39)46)23-27-17-11-6-12-18-27/h4-18,28-32,43H,19-24H2,1-3H3,(H2,39,46)(H,40,47)(H,41,48)(H,42,49)(H,44,45)/t28-,29-,30-,31-,32-/m0/s1. The second-order valence-corrected chi connectivity index (χ2v) is 13.3. The Hall–Kier alpha value is -5.23. The number of carboxylic acids is 1. The summed E-state index contributed by atoms with van der Waals surface area (Å²) in [5.74, 6) is -4.28. The van der Waals surface area contributed by atoms with Crippen LogP contribution < -0.4 is 21.7 Å². The topological polar surface area (TPSA) is 197 Å². The fourth-order valence-electron chi connectivity index (χ4n) is 5.42. The number of aliphatic hydroxyl groups is 1. The summed E-state index contributed by atoms with van der Waals surface area (Å²) in [7, 11) is 0. The minimum atomic E-state index is -1.33. The molecule has 0 spiro atoms. The van der Waals surface area contributed by atoms with Crippen molar-refractivity contribution in [1.82, 2.24) is 16.0 Å². The molecular weight excluding hydrogens is 640 g/mol. The molecule has 7 N–H and O–H groups in total. The third-order valence-corrected chi connectivity index (χ3v) is 7.91. The lowest BCUT2D eigenvalue weighted by atomic mass is 9.88. The van der Waals surface area contributed by atoms with Crippen LogP contribution in [-0.4, -0.2) is 69.8 Å². The highest BCUT2D eigenvalue weighted by Crippen LogP contribution is 2.20. The van der Waals surface area contributed by atoms with E-state index in [9.17, 15) is 34.2 Å². The number of carbonyl (C=O) groups excluding carboxylic acids is 4. The van der Waals surface area contributed by atoms with E-state index in [0.717, 1.165) is 16.7 Å². The maximum absolute atomic E-state index is 14.0. The van der Waals surface area contributed by atoms with E-state index in [1.165, 1.54) is 0 Å². The van der Waals surface area contributed by atoms with E-state index in [1.54, 1.807) is 51.1 Å². The molecule has 0 aliphatic rings. The fraction of sp³-hybridized carbons (Fsp3) is 0.395. The molecule has 12 heteroatoms. The van der Waals surface area contributed by atoms with Crippen molar-refractivity contribution >= 4 is 29.8 Å². The second-order valence-electron chi connectivity index (χ2n) is 13.3. The van der Waals surface area contributed by atoms with Gasteiger partial charge in [-0.05, 0) is 63.1 Å². The number of nitrogens with one attached hydrogen (secondary N) is 3. The molecule has 268 valence electrons. The predicted molar refractivity (Wildman–Crippen MR) is 188 cm³/mol. The van der Waals surface area contributed by atoms with Gasteiger partial charge in [0.2, 0.25) is 17.7 Å². The van der Waals surface area contributed by atoms with Crippen molar-refractivity contribution in [3.63, 3.8) is 0 Å². The summed E-state index contributed by atoms with van der Waals surface area (Å²) in [5, 5.41) is 29.0. The van der Waals surface area contributed by atoms with Gasteiger partial charge in [-0.1, -0.05) is 91.0 Å². The lowest BCUT2D eigenvalue weighted by Gasteiger charge is -2.30. The molecule has 0 aliphatic carbocycles. The zero-order valence-corrected chi connectivity index (χ0v) is 28.7. The number of ether oxygens (including phenoxy) is 1. The Morgan fingerprint density at radius 1 is 0.700 bits per heavy atom. The number of nitrogens with two attached hydrogens (primary N) is 1. The van der Waals surface area contributed by atoms with Gasteiger partial charge in [-0.25, -0.2) is 4.79 Å². The molecule has 0 aliphatic heterocycles. The second kappa shape index (κ2) is 19.1. The van der Waals surface area contributed by atoms with E-state index in [2.05, 4.69) is 16.0 Å². The molecule has 5 atom stereocenters. The number of primary amides is 1. The predicted octanol–water partition coefficient (Wildman–Crippen LogP) is 3.29. The van der Waals surface area contributed by atoms with Gasteiger partial charge in [0.05, 0.1) is 12.1 Å². The monoisotopic (exact) mass is 688 g/mol. The van der Waals surface area contributed by atoms with Crippen molar-refractivity contribution < 1.29 is 38.9 Å². The van der Waals surface area contributed by atoms with Crippen molar-refractivity contribution in [2.75, 3.05) is 0 Å². The van der Waals surface area contributed by atoms with Gasteiger partial charge in [-0.2, -0.15) is 0 Å². The number of amides is 4. The summed E-state index contributed by atoms with van der Waals surface area (Å²) in [4.78, 5) is 64.1. The van der Waals surface area contributed by atoms with Crippen LogP contribution in [0.4, 0.5) is 4.79 Å². The van der Waals surface area contributed by atoms with Gasteiger partial charge in [-0.15, -0.1) is 0 Å². The number of rotatable bonds is 18. The Bertz CT molecular complexity index is 1550. The highest BCUT2D eigenvalue weighted by molar-refractivity contribution is 5.92. The largest absolute Gasteiger partial charge is 0.481 e. The minimum absolute atomic E-state index is 0.0950. The Labute approximate surface area is 292 Å². The first-order chi connectivity index (χ1) is 23.7. The number of hydrogen-bond acceptors (Lipinski definition) is 7. The van der Waals surface area contributed by atoms with E-state index in [4.69, 9.17) is 10.5 Å². The Kier molecular flexibility index (Phi) is 15.0. The van der Waals surface area contributed by atoms with Gasteiger partial charge >= 0.3 is 12.1 Å². The molecule has 0 saturated heterocycles. The minimum Gasteiger partial charge on any atom is -0.481 e. The van der Waals surface area contributed by atoms with Gasteiger partial charge in [0.1, 0.15) is 17.7 Å². The first-order valence-electron chi connectivity index (χ1n) is 16.6. The van der Waals surface area contributed by atoms with Crippen LogP contribution >= 0.6 is 0 Å². The van der Waals surface area contributed by atoms with Crippen LogP contribution in [0.15, 0.2) is 91.0 Å². The van der Waals surface area contributed by atoms with Crippen LogP contribution in [0.1, 0.15) is 56.7 Å². The number of alkyl carbamates (subject to hydrolysis) is 1. The number of aliphatic carboxylic acids is 1. The molecule has 0 bridgehead atoms. The van der Waals surface area contributed by atoms with E-state index < -0.39 is 72.0 Å². The molecule has 0 saturated carbocycles. The summed E-state index contributed by atoms with van der Waals surface area (Å²) in [5.41, 5.74) is 7.16. The lowest BCUT2D eigenvalue weighted by molar-refractivity contribution is -0.138. The number of carboxylic acid groups (broad SMARTS) is 1. The SMILES string of the molecule is CC(C)(C)OC(=O)N[C@@H](Cc1ccccc1)[C@@H](O)C[C@H](Cc1ccccc1)C(=O)N[C@@H](CCC(=O)O)C(=O)N[C@@H](Cc1ccccc1)C(N)=O. The molecule has 4 amide bonds. The lowest BCUT2D eigenvalue weighted by Crippen LogP contribution is -2.55. The maximum Gasteiger partial charge on any atom is 0.407 e. The van der Waals surface area contributed by atoms with Crippen molar-refractivity contribution in [3.8, 4) is 0 Å². The van der Waals surface area contributed by atoms with E-state index in [1.807, 2.05) is 60.7 Å². The van der Waals surface area contributed by atoms with Gasteiger partial charge in [0.25, 0.3) is 0 Å². The third kappa shape index (κ3) is 14.1. The molecule has 3 aromatic carbocycles. The van der Waals surface area contributed by atoms with Crippen molar-refractivity contribution in [2.45, 2.75) is 89.1 Å². The Morgan fingerprint density at radius 3 is 1.66 bits per heavy atom. The van der Waals surface area contributed by atoms with Crippen molar-refractivity contribution in [1.29, 1.82) is 0 Å².